The Labute approximate surface area is 96.0 Å². The number of nitrogens with one attached hydrogen (secondary N) is 2. The van der Waals surface area contributed by atoms with Crippen molar-refractivity contribution in [3.63, 3.8) is 0 Å². The molecule has 4 heteroatoms. The van der Waals surface area contributed by atoms with E-state index in [-0.39, 0.29) is 6.03 Å². The summed E-state index contributed by atoms with van der Waals surface area (Å²) in [5, 5.41) is 5.46. The van der Waals surface area contributed by atoms with Gasteiger partial charge in [-0.25, -0.2) is 4.79 Å². The van der Waals surface area contributed by atoms with Crippen LogP contribution in [0.5, 0.6) is 5.75 Å². The summed E-state index contributed by atoms with van der Waals surface area (Å²) in [4.78, 5) is 11.1. The third-order valence-electron chi connectivity index (χ3n) is 2.21. The zero-order valence-corrected chi connectivity index (χ0v) is 9.75. The number of para-hydroxylation sites is 1. The number of hydrogen-bond donors (Lipinski definition) is 2. The molecule has 16 heavy (non-hydrogen) atoms. The van der Waals surface area contributed by atoms with Crippen molar-refractivity contribution in [1.29, 1.82) is 0 Å². The minimum Gasteiger partial charge on any atom is -0.496 e. The molecule has 0 spiro atoms. The molecule has 1 rings (SSSR count). The Kier molecular flexibility index (Phi) is 5.19. The third kappa shape index (κ3) is 3.81. The number of hydrogen-bond acceptors (Lipinski definition) is 2. The standard InChI is InChI=1S/C12H18N2O2/c1-3-13-12(15)14-9-8-10-6-4-5-7-11(10)16-2/h4-7H,3,8-9H2,1-2H3,(H2,13,14,15). The van der Waals surface area contributed by atoms with Gasteiger partial charge in [0.25, 0.3) is 0 Å². The van der Waals surface area contributed by atoms with E-state index in [4.69, 9.17) is 4.74 Å². The van der Waals surface area contributed by atoms with E-state index in [1.54, 1.807) is 7.11 Å². The molecular weight excluding hydrogens is 204 g/mol. The van der Waals surface area contributed by atoms with E-state index < -0.39 is 0 Å². The lowest BCUT2D eigenvalue weighted by Gasteiger charge is -2.09. The Morgan fingerprint density at radius 2 is 2.06 bits per heavy atom. The number of carbonyl (C=O) groups is 1. The fraction of sp³-hybridized carbons (Fsp3) is 0.417. The number of carbonyl (C=O) groups excluding carboxylic acids is 1. The molecular formula is C12H18N2O2. The fourth-order valence-electron chi connectivity index (χ4n) is 1.44. The van der Waals surface area contributed by atoms with Gasteiger partial charge in [0.2, 0.25) is 0 Å². The van der Waals surface area contributed by atoms with Crippen molar-refractivity contribution in [2.75, 3.05) is 20.2 Å². The molecule has 4 nitrogen and oxygen atoms in total. The summed E-state index contributed by atoms with van der Waals surface area (Å²) in [7, 11) is 1.65. The van der Waals surface area contributed by atoms with Crippen molar-refractivity contribution >= 4 is 6.03 Å². The van der Waals surface area contributed by atoms with Crippen LogP contribution in [0.2, 0.25) is 0 Å². The molecule has 88 valence electrons. The van der Waals surface area contributed by atoms with Crippen LogP contribution in [0.3, 0.4) is 0 Å². The van der Waals surface area contributed by atoms with Crippen molar-refractivity contribution in [1.82, 2.24) is 10.6 Å². The van der Waals surface area contributed by atoms with Gasteiger partial charge in [-0.3, -0.25) is 0 Å². The molecule has 0 aliphatic carbocycles. The van der Waals surface area contributed by atoms with E-state index in [9.17, 15) is 4.79 Å². The molecule has 1 aromatic carbocycles. The van der Waals surface area contributed by atoms with E-state index in [1.807, 2.05) is 31.2 Å². The van der Waals surface area contributed by atoms with Crippen LogP contribution < -0.4 is 15.4 Å². The lowest BCUT2D eigenvalue weighted by molar-refractivity contribution is 0.241. The SMILES string of the molecule is CCNC(=O)NCCc1ccccc1OC. The molecule has 1 aromatic rings. The lowest BCUT2D eigenvalue weighted by Crippen LogP contribution is -2.36. The molecule has 0 saturated carbocycles. The van der Waals surface area contributed by atoms with Crippen LogP contribution in [0, 0.1) is 0 Å². The number of amides is 2. The summed E-state index contributed by atoms with van der Waals surface area (Å²) in [6.07, 6.45) is 0.765. The first-order chi connectivity index (χ1) is 7.77. The second-order valence-electron chi connectivity index (χ2n) is 3.35. The van der Waals surface area contributed by atoms with Gasteiger partial charge in [0.1, 0.15) is 5.75 Å². The lowest BCUT2D eigenvalue weighted by atomic mass is 10.1. The van der Waals surface area contributed by atoms with Gasteiger partial charge in [0.15, 0.2) is 0 Å². The molecule has 0 atom stereocenters. The molecule has 2 N–H and O–H groups in total. The molecule has 0 aromatic heterocycles. The highest BCUT2D eigenvalue weighted by Crippen LogP contribution is 2.16. The van der Waals surface area contributed by atoms with Crippen LogP contribution in [-0.2, 0) is 6.42 Å². The first-order valence-electron chi connectivity index (χ1n) is 5.41. The zero-order chi connectivity index (χ0) is 11.8. The maximum absolute atomic E-state index is 11.1. The fourth-order valence-corrected chi connectivity index (χ4v) is 1.44. The molecule has 0 fully saturated rings. The number of rotatable bonds is 5. The van der Waals surface area contributed by atoms with Crippen molar-refractivity contribution in [3.05, 3.63) is 29.8 Å². The van der Waals surface area contributed by atoms with Crippen LogP contribution >= 0.6 is 0 Å². The maximum atomic E-state index is 11.1. The zero-order valence-electron chi connectivity index (χ0n) is 9.75. The van der Waals surface area contributed by atoms with Crippen LogP contribution in [-0.4, -0.2) is 26.2 Å². The Bertz CT molecular complexity index is 340. The molecule has 0 aliphatic heterocycles. The summed E-state index contributed by atoms with van der Waals surface area (Å²) >= 11 is 0. The Hall–Kier alpha value is -1.71. The van der Waals surface area contributed by atoms with Crippen molar-refractivity contribution in [2.24, 2.45) is 0 Å². The molecule has 0 radical (unpaired) electrons. The maximum Gasteiger partial charge on any atom is 0.314 e. The van der Waals surface area contributed by atoms with Gasteiger partial charge < -0.3 is 15.4 Å². The average Bonchev–Trinajstić information content (AvgIpc) is 2.30. The predicted octanol–water partition coefficient (Wildman–Crippen LogP) is 1.56. The van der Waals surface area contributed by atoms with Gasteiger partial charge in [-0.05, 0) is 25.0 Å². The Morgan fingerprint density at radius 3 is 2.75 bits per heavy atom. The van der Waals surface area contributed by atoms with Gasteiger partial charge in [-0.15, -0.1) is 0 Å². The molecule has 0 bridgehead atoms. The Balaban J connectivity index is 2.39. The first-order valence-corrected chi connectivity index (χ1v) is 5.41. The number of urea groups is 1. The normalized spacial score (nSPS) is 9.62. The van der Waals surface area contributed by atoms with Gasteiger partial charge in [-0.1, -0.05) is 18.2 Å². The van der Waals surface area contributed by atoms with Gasteiger partial charge in [0, 0.05) is 13.1 Å². The minimum atomic E-state index is -0.127. The topological polar surface area (TPSA) is 50.4 Å². The number of methoxy groups -OCH3 is 1. The summed E-state index contributed by atoms with van der Waals surface area (Å²) < 4.78 is 5.22. The minimum absolute atomic E-state index is 0.127. The van der Waals surface area contributed by atoms with E-state index in [2.05, 4.69) is 10.6 Å². The molecule has 2 amide bonds. The van der Waals surface area contributed by atoms with E-state index in [0.29, 0.717) is 13.1 Å². The van der Waals surface area contributed by atoms with Crippen molar-refractivity contribution < 1.29 is 9.53 Å². The van der Waals surface area contributed by atoms with Gasteiger partial charge in [-0.2, -0.15) is 0 Å². The average molecular weight is 222 g/mol. The summed E-state index contributed by atoms with van der Waals surface area (Å²) in [5.41, 5.74) is 1.10. The largest absolute Gasteiger partial charge is 0.496 e. The van der Waals surface area contributed by atoms with Crippen LogP contribution in [0.15, 0.2) is 24.3 Å². The predicted molar refractivity (Wildman–Crippen MR) is 63.8 cm³/mol. The first kappa shape index (κ1) is 12.4. The van der Waals surface area contributed by atoms with Crippen molar-refractivity contribution in [3.8, 4) is 5.75 Å². The third-order valence-corrected chi connectivity index (χ3v) is 2.21. The highest BCUT2D eigenvalue weighted by Gasteiger charge is 2.02. The van der Waals surface area contributed by atoms with E-state index in [0.717, 1.165) is 17.7 Å². The second kappa shape index (κ2) is 6.71. The molecule has 0 aliphatic rings. The highest BCUT2D eigenvalue weighted by molar-refractivity contribution is 5.73. The molecule has 0 heterocycles. The quantitative estimate of drug-likeness (QED) is 0.794. The van der Waals surface area contributed by atoms with Gasteiger partial charge in [0.05, 0.1) is 7.11 Å². The number of benzene rings is 1. The highest BCUT2D eigenvalue weighted by atomic mass is 16.5. The smallest absolute Gasteiger partial charge is 0.314 e. The summed E-state index contributed by atoms with van der Waals surface area (Å²) in [6.45, 7) is 3.13. The summed E-state index contributed by atoms with van der Waals surface area (Å²) in [6, 6.07) is 7.68. The Morgan fingerprint density at radius 1 is 1.31 bits per heavy atom. The van der Waals surface area contributed by atoms with Crippen LogP contribution in [0.25, 0.3) is 0 Å². The van der Waals surface area contributed by atoms with Crippen molar-refractivity contribution in [2.45, 2.75) is 13.3 Å². The van der Waals surface area contributed by atoms with E-state index >= 15 is 0 Å². The van der Waals surface area contributed by atoms with Crippen LogP contribution in [0.1, 0.15) is 12.5 Å². The monoisotopic (exact) mass is 222 g/mol. The second-order valence-corrected chi connectivity index (χ2v) is 3.35. The van der Waals surface area contributed by atoms with E-state index in [1.165, 1.54) is 0 Å². The summed E-state index contributed by atoms with van der Waals surface area (Å²) in [5.74, 6) is 0.861. The molecule has 0 saturated heterocycles. The van der Waals surface area contributed by atoms with Gasteiger partial charge >= 0.3 is 6.03 Å². The molecule has 0 unspecified atom stereocenters. The van der Waals surface area contributed by atoms with Crippen LogP contribution in [0.4, 0.5) is 4.79 Å². The number of ether oxygens (including phenoxy) is 1.